The fourth-order valence-corrected chi connectivity index (χ4v) is 2.85. The Bertz CT molecular complexity index is 697. The van der Waals surface area contributed by atoms with Crippen molar-refractivity contribution in [2.45, 2.75) is 13.8 Å². The highest BCUT2D eigenvalue weighted by Gasteiger charge is 2.24. The summed E-state index contributed by atoms with van der Waals surface area (Å²) in [6.45, 7) is 8.39. The van der Waals surface area contributed by atoms with Crippen molar-refractivity contribution < 1.29 is 4.79 Å². The number of rotatable bonds is 5. The minimum absolute atomic E-state index is 0.0514. The third-order valence-electron chi connectivity index (χ3n) is 4.31. The molecule has 0 atom stereocenters. The molecule has 0 aromatic carbocycles. The molecule has 1 fully saturated rings. The lowest BCUT2D eigenvalue weighted by Gasteiger charge is -2.34. The molecule has 0 N–H and O–H groups in total. The normalized spacial score (nSPS) is 14.5. The van der Waals surface area contributed by atoms with Crippen molar-refractivity contribution in [3.8, 4) is 0 Å². The standard InChI is InChI=1S/C17H23N7O/c1-3-22(4-2)17-20-9-6-14(21-17)15(25)23-10-12-24(13-11-23)16-18-7-5-8-19-16/h5-9H,3-4,10-13H2,1-2H3. The zero-order valence-corrected chi connectivity index (χ0v) is 14.7. The van der Waals surface area contributed by atoms with Gasteiger partial charge in [0.05, 0.1) is 0 Å². The number of carbonyl (C=O) groups excluding carboxylic acids is 1. The first-order valence-corrected chi connectivity index (χ1v) is 8.62. The monoisotopic (exact) mass is 341 g/mol. The molecule has 132 valence electrons. The summed E-state index contributed by atoms with van der Waals surface area (Å²) >= 11 is 0. The van der Waals surface area contributed by atoms with E-state index in [9.17, 15) is 4.79 Å². The van der Waals surface area contributed by atoms with Crippen molar-refractivity contribution in [1.82, 2.24) is 24.8 Å². The number of aromatic nitrogens is 4. The molecule has 2 aromatic heterocycles. The molecule has 1 aliphatic rings. The SMILES string of the molecule is CCN(CC)c1nccc(C(=O)N2CCN(c3ncccn3)CC2)n1. The van der Waals surface area contributed by atoms with Gasteiger partial charge in [-0.15, -0.1) is 0 Å². The number of anilines is 2. The van der Waals surface area contributed by atoms with Crippen LogP contribution in [0.15, 0.2) is 30.7 Å². The van der Waals surface area contributed by atoms with Gasteiger partial charge in [0, 0.05) is 57.9 Å². The Kier molecular flexibility index (Phi) is 5.37. The van der Waals surface area contributed by atoms with Crippen LogP contribution < -0.4 is 9.80 Å². The van der Waals surface area contributed by atoms with E-state index in [1.807, 2.05) is 23.6 Å². The zero-order valence-electron chi connectivity index (χ0n) is 14.7. The minimum atomic E-state index is -0.0514. The Morgan fingerprint density at radius 3 is 2.36 bits per heavy atom. The Labute approximate surface area is 147 Å². The summed E-state index contributed by atoms with van der Waals surface area (Å²) in [6, 6.07) is 3.48. The zero-order chi connectivity index (χ0) is 17.6. The lowest BCUT2D eigenvalue weighted by molar-refractivity contribution is 0.0740. The first kappa shape index (κ1) is 17.1. The molecule has 25 heavy (non-hydrogen) atoms. The Hall–Kier alpha value is -2.77. The van der Waals surface area contributed by atoms with Crippen LogP contribution in [-0.2, 0) is 0 Å². The number of piperazine rings is 1. The average molecular weight is 341 g/mol. The van der Waals surface area contributed by atoms with Crippen LogP contribution in [0.1, 0.15) is 24.3 Å². The molecule has 1 amide bonds. The second kappa shape index (κ2) is 7.87. The van der Waals surface area contributed by atoms with Crippen molar-refractivity contribution in [3.63, 3.8) is 0 Å². The van der Waals surface area contributed by atoms with Gasteiger partial charge in [0.1, 0.15) is 5.69 Å². The molecule has 3 rings (SSSR count). The van der Waals surface area contributed by atoms with Gasteiger partial charge in [0.2, 0.25) is 11.9 Å². The Balaban J connectivity index is 1.66. The topological polar surface area (TPSA) is 78.4 Å². The fourth-order valence-electron chi connectivity index (χ4n) is 2.85. The van der Waals surface area contributed by atoms with Gasteiger partial charge in [-0.3, -0.25) is 4.79 Å². The maximum Gasteiger partial charge on any atom is 0.272 e. The molecule has 1 aliphatic heterocycles. The number of amides is 1. The number of carbonyl (C=O) groups is 1. The first-order chi connectivity index (χ1) is 12.2. The third kappa shape index (κ3) is 3.84. The number of hydrogen-bond acceptors (Lipinski definition) is 7. The second-order valence-corrected chi connectivity index (χ2v) is 5.74. The van der Waals surface area contributed by atoms with Gasteiger partial charge in [0.15, 0.2) is 0 Å². The average Bonchev–Trinajstić information content (AvgIpc) is 2.69. The summed E-state index contributed by atoms with van der Waals surface area (Å²) in [7, 11) is 0. The van der Waals surface area contributed by atoms with Crippen molar-refractivity contribution >= 4 is 17.8 Å². The molecular formula is C17H23N7O. The molecule has 8 nitrogen and oxygen atoms in total. The summed E-state index contributed by atoms with van der Waals surface area (Å²) in [5, 5.41) is 0. The van der Waals surface area contributed by atoms with Crippen LogP contribution in [0.3, 0.4) is 0 Å². The van der Waals surface area contributed by atoms with Crippen molar-refractivity contribution in [1.29, 1.82) is 0 Å². The van der Waals surface area contributed by atoms with Gasteiger partial charge < -0.3 is 14.7 Å². The highest BCUT2D eigenvalue weighted by molar-refractivity contribution is 5.92. The first-order valence-electron chi connectivity index (χ1n) is 8.62. The van der Waals surface area contributed by atoms with Crippen LogP contribution in [0.25, 0.3) is 0 Å². The molecule has 0 spiro atoms. The third-order valence-corrected chi connectivity index (χ3v) is 4.31. The largest absolute Gasteiger partial charge is 0.341 e. The quantitative estimate of drug-likeness (QED) is 0.805. The summed E-state index contributed by atoms with van der Waals surface area (Å²) in [5.41, 5.74) is 0.446. The highest BCUT2D eigenvalue weighted by Crippen LogP contribution is 2.13. The molecular weight excluding hydrogens is 318 g/mol. The molecule has 0 saturated carbocycles. The smallest absolute Gasteiger partial charge is 0.272 e. The van der Waals surface area contributed by atoms with E-state index in [2.05, 4.69) is 24.8 Å². The molecule has 1 saturated heterocycles. The van der Waals surface area contributed by atoms with Gasteiger partial charge >= 0.3 is 0 Å². The van der Waals surface area contributed by atoms with Gasteiger partial charge in [-0.2, -0.15) is 0 Å². The van der Waals surface area contributed by atoms with Crippen molar-refractivity contribution in [2.24, 2.45) is 0 Å². The van der Waals surface area contributed by atoms with E-state index in [4.69, 9.17) is 0 Å². The molecule has 0 aliphatic carbocycles. The van der Waals surface area contributed by atoms with E-state index in [0.717, 1.165) is 13.1 Å². The van der Waals surface area contributed by atoms with E-state index in [1.54, 1.807) is 30.7 Å². The maximum absolute atomic E-state index is 12.8. The van der Waals surface area contributed by atoms with E-state index in [-0.39, 0.29) is 5.91 Å². The predicted molar refractivity (Wildman–Crippen MR) is 95.7 cm³/mol. The highest BCUT2D eigenvalue weighted by atomic mass is 16.2. The maximum atomic E-state index is 12.8. The van der Waals surface area contributed by atoms with E-state index < -0.39 is 0 Å². The predicted octanol–water partition coefficient (Wildman–Crippen LogP) is 1.08. The minimum Gasteiger partial charge on any atom is -0.341 e. The van der Waals surface area contributed by atoms with Gasteiger partial charge in [-0.05, 0) is 26.0 Å². The molecule has 2 aromatic rings. The van der Waals surface area contributed by atoms with Gasteiger partial charge in [0.25, 0.3) is 5.91 Å². The van der Waals surface area contributed by atoms with E-state index >= 15 is 0 Å². The molecule has 0 bridgehead atoms. The van der Waals surface area contributed by atoms with Gasteiger partial charge in [-0.1, -0.05) is 0 Å². The Morgan fingerprint density at radius 2 is 1.72 bits per heavy atom. The van der Waals surface area contributed by atoms with Crippen LogP contribution in [0.4, 0.5) is 11.9 Å². The second-order valence-electron chi connectivity index (χ2n) is 5.74. The van der Waals surface area contributed by atoms with Crippen LogP contribution in [0.2, 0.25) is 0 Å². The summed E-state index contributed by atoms with van der Waals surface area (Å²) in [4.78, 5) is 36.0. The van der Waals surface area contributed by atoms with Crippen molar-refractivity contribution in [3.05, 3.63) is 36.4 Å². The number of hydrogen-bond donors (Lipinski definition) is 0. The summed E-state index contributed by atoms with van der Waals surface area (Å²) in [5.74, 6) is 1.26. The van der Waals surface area contributed by atoms with E-state index in [0.29, 0.717) is 43.8 Å². The van der Waals surface area contributed by atoms with Crippen LogP contribution in [0.5, 0.6) is 0 Å². The summed E-state index contributed by atoms with van der Waals surface area (Å²) in [6.07, 6.45) is 5.12. The van der Waals surface area contributed by atoms with Crippen LogP contribution >= 0.6 is 0 Å². The lowest BCUT2D eigenvalue weighted by atomic mass is 10.2. The van der Waals surface area contributed by atoms with E-state index in [1.165, 1.54) is 0 Å². The van der Waals surface area contributed by atoms with Crippen LogP contribution in [0, 0.1) is 0 Å². The van der Waals surface area contributed by atoms with Crippen LogP contribution in [-0.4, -0.2) is 70.0 Å². The molecule has 8 heteroatoms. The molecule has 0 unspecified atom stereocenters. The Morgan fingerprint density at radius 1 is 1.04 bits per heavy atom. The van der Waals surface area contributed by atoms with Crippen molar-refractivity contribution in [2.75, 3.05) is 49.1 Å². The lowest BCUT2D eigenvalue weighted by Crippen LogP contribution is -2.49. The summed E-state index contributed by atoms with van der Waals surface area (Å²) < 4.78 is 0. The molecule has 0 radical (unpaired) electrons. The fraction of sp³-hybridized carbons (Fsp3) is 0.471. The molecule has 3 heterocycles. The number of nitrogens with zero attached hydrogens (tertiary/aromatic N) is 7. The van der Waals surface area contributed by atoms with Gasteiger partial charge in [-0.25, -0.2) is 19.9 Å².